The highest BCUT2D eigenvalue weighted by Crippen LogP contribution is 2.23. The van der Waals surface area contributed by atoms with Crippen LogP contribution in [0, 0.1) is 0 Å². The minimum atomic E-state index is 0.0240. The highest BCUT2D eigenvalue weighted by molar-refractivity contribution is 7.09. The van der Waals surface area contributed by atoms with Gasteiger partial charge in [-0.2, -0.15) is 0 Å². The number of nitrogens with one attached hydrogen (secondary N) is 1. The average molecular weight is 366 g/mol. The topological polar surface area (TPSA) is 51.2 Å². The third-order valence-electron chi connectivity index (χ3n) is 3.92. The Labute approximate surface area is 157 Å². The lowest BCUT2D eigenvalue weighted by Gasteiger charge is -2.04. The molecule has 0 aliphatic rings. The summed E-state index contributed by atoms with van der Waals surface area (Å²) in [6.07, 6.45) is 1.89. The van der Waals surface area contributed by atoms with Crippen molar-refractivity contribution in [1.82, 2.24) is 10.3 Å². The maximum absolute atomic E-state index is 10.9. The number of hydrogen-bond acceptors (Lipinski definition) is 4. The molecule has 0 bridgehead atoms. The van der Waals surface area contributed by atoms with E-state index in [1.54, 1.807) is 18.3 Å². The van der Waals surface area contributed by atoms with Gasteiger partial charge in [-0.05, 0) is 30.5 Å². The molecule has 0 fully saturated rings. The van der Waals surface area contributed by atoms with Crippen molar-refractivity contribution in [2.75, 3.05) is 6.54 Å². The Morgan fingerprint density at radius 3 is 2.62 bits per heavy atom. The van der Waals surface area contributed by atoms with Gasteiger partial charge in [-0.1, -0.05) is 42.5 Å². The van der Waals surface area contributed by atoms with Crippen molar-refractivity contribution in [3.63, 3.8) is 0 Å². The molecule has 5 heteroatoms. The molecule has 1 N–H and O–H groups in total. The van der Waals surface area contributed by atoms with Crippen LogP contribution in [0.15, 0.2) is 60.0 Å². The van der Waals surface area contributed by atoms with Gasteiger partial charge in [-0.25, -0.2) is 4.98 Å². The molecule has 0 unspecified atom stereocenters. The number of rotatable bonds is 8. The Balaban J connectivity index is 1.53. The summed E-state index contributed by atoms with van der Waals surface area (Å²) >= 11 is 1.61. The van der Waals surface area contributed by atoms with Crippen molar-refractivity contribution < 1.29 is 9.53 Å². The molecule has 0 aliphatic carbocycles. The van der Waals surface area contributed by atoms with Gasteiger partial charge >= 0.3 is 0 Å². The first-order valence-electron chi connectivity index (χ1n) is 8.67. The van der Waals surface area contributed by atoms with E-state index in [0.29, 0.717) is 13.2 Å². The molecule has 0 radical (unpaired) electrons. The van der Waals surface area contributed by atoms with Crippen molar-refractivity contribution in [3.05, 3.63) is 70.5 Å². The number of thiazole rings is 1. The minimum Gasteiger partial charge on any atom is -0.486 e. The molecule has 0 saturated heterocycles. The Bertz CT molecular complexity index is 829. The summed E-state index contributed by atoms with van der Waals surface area (Å²) in [7, 11) is 0. The zero-order valence-corrected chi connectivity index (χ0v) is 15.6. The first kappa shape index (κ1) is 18.1. The summed E-state index contributed by atoms with van der Waals surface area (Å²) in [6, 6.07) is 18.2. The van der Waals surface area contributed by atoms with Crippen LogP contribution in [-0.2, 0) is 17.8 Å². The van der Waals surface area contributed by atoms with Gasteiger partial charge in [-0.15, -0.1) is 11.3 Å². The van der Waals surface area contributed by atoms with Crippen LogP contribution in [0.1, 0.15) is 23.9 Å². The summed E-state index contributed by atoms with van der Waals surface area (Å²) < 4.78 is 5.75. The number of ether oxygens (including phenoxy) is 1. The van der Waals surface area contributed by atoms with Crippen LogP contribution >= 0.6 is 11.3 Å². The second-order valence-corrected chi connectivity index (χ2v) is 6.95. The molecule has 2 aromatic carbocycles. The molecular formula is C21H22N2O2S. The molecule has 0 saturated carbocycles. The third kappa shape index (κ3) is 5.43. The molecule has 26 heavy (non-hydrogen) atoms. The minimum absolute atomic E-state index is 0.0240. The van der Waals surface area contributed by atoms with Gasteiger partial charge in [0.05, 0.1) is 5.69 Å². The van der Waals surface area contributed by atoms with Crippen LogP contribution in [0.25, 0.3) is 11.3 Å². The van der Waals surface area contributed by atoms with Gasteiger partial charge in [0.15, 0.2) is 0 Å². The maximum Gasteiger partial charge on any atom is 0.216 e. The second-order valence-electron chi connectivity index (χ2n) is 6.01. The van der Waals surface area contributed by atoms with Crippen LogP contribution in [0.5, 0.6) is 5.75 Å². The average Bonchev–Trinajstić information content (AvgIpc) is 3.14. The van der Waals surface area contributed by atoms with Gasteiger partial charge in [0, 0.05) is 24.4 Å². The number of benzene rings is 2. The molecule has 4 nitrogen and oxygen atoms in total. The summed E-state index contributed by atoms with van der Waals surface area (Å²) in [6.45, 7) is 2.74. The Hall–Kier alpha value is -2.66. The van der Waals surface area contributed by atoms with Crippen LogP contribution in [-0.4, -0.2) is 17.4 Å². The van der Waals surface area contributed by atoms with Gasteiger partial charge < -0.3 is 10.1 Å². The van der Waals surface area contributed by atoms with E-state index < -0.39 is 0 Å². The van der Waals surface area contributed by atoms with E-state index in [1.807, 2.05) is 30.3 Å². The van der Waals surface area contributed by atoms with Crippen molar-refractivity contribution in [2.24, 2.45) is 0 Å². The van der Waals surface area contributed by atoms with Crippen LogP contribution in [0.2, 0.25) is 0 Å². The number of hydrogen-bond donors (Lipinski definition) is 1. The summed E-state index contributed by atoms with van der Waals surface area (Å²) in [5.74, 6) is 0.879. The fourth-order valence-corrected chi connectivity index (χ4v) is 3.29. The molecule has 3 aromatic rings. The monoisotopic (exact) mass is 366 g/mol. The van der Waals surface area contributed by atoms with E-state index in [-0.39, 0.29) is 5.91 Å². The van der Waals surface area contributed by atoms with Crippen LogP contribution < -0.4 is 10.1 Å². The zero-order valence-electron chi connectivity index (χ0n) is 14.8. The molecule has 134 valence electrons. The zero-order chi connectivity index (χ0) is 18.2. The van der Waals surface area contributed by atoms with E-state index in [9.17, 15) is 4.79 Å². The fraction of sp³-hybridized carbons (Fsp3) is 0.238. The van der Waals surface area contributed by atoms with E-state index in [2.05, 4.69) is 39.9 Å². The first-order valence-corrected chi connectivity index (χ1v) is 9.55. The van der Waals surface area contributed by atoms with Crippen molar-refractivity contribution in [3.8, 4) is 17.0 Å². The number of amides is 1. The number of nitrogens with zero attached hydrogens (tertiary/aromatic N) is 1. The Morgan fingerprint density at radius 2 is 1.88 bits per heavy atom. The smallest absolute Gasteiger partial charge is 0.216 e. The Morgan fingerprint density at radius 1 is 1.12 bits per heavy atom. The van der Waals surface area contributed by atoms with Gasteiger partial charge in [-0.3, -0.25) is 4.79 Å². The molecule has 1 amide bonds. The highest BCUT2D eigenvalue weighted by atomic mass is 32.1. The highest BCUT2D eigenvalue weighted by Gasteiger charge is 2.06. The number of aryl methyl sites for hydroxylation is 1. The fourth-order valence-electron chi connectivity index (χ4n) is 2.57. The molecule has 0 spiro atoms. The van der Waals surface area contributed by atoms with E-state index in [4.69, 9.17) is 4.74 Å². The third-order valence-corrected chi connectivity index (χ3v) is 4.75. The predicted molar refractivity (Wildman–Crippen MR) is 105 cm³/mol. The SMILES string of the molecule is CC(=O)NCCCc1ccc(-c2csc(COc3ccccc3)n2)cc1. The summed E-state index contributed by atoms with van der Waals surface area (Å²) in [5, 5.41) is 5.85. The molecule has 1 aromatic heterocycles. The van der Waals surface area contributed by atoms with Crippen molar-refractivity contribution >= 4 is 17.2 Å². The quantitative estimate of drug-likeness (QED) is 0.599. The molecular weight excluding hydrogens is 344 g/mol. The molecule has 3 rings (SSSR count). The van der Waals surface area contributed by atoms with E-state index in [1.165, 1.54) is 5.56 Å². The molecule has 1 heterocycles. The predicted octanol–water partition coefficient (Wildman–Crippen LogP) is 4.46. The largest absolute Gasteiger partial charge is 0.486 e. The lowest BCUT2D eigenvalue weighted by Crippen LogP contribution is -2.21. The summed E-state index contributed by atoms with van der Waals surface area (Å²) in [5.41, 5.74) is 3.35. The van der Waals surface area contributed by atoms with Gasteiger partial charge in [0.25, 0.3) is 0 Å². The second kappa shape index (κ2) is 9.15. The van der Waals surface area contributed by atoms with Crippen molar-refractivity contribution in [1.29, 1.82) is 0 Å². The normalized spacial score (nSPS) is 10.5. The van der Waals surface area contributed by atoms with Crippen molar-refractivity contribution in [2.45, 2.75) is 26.4 Å². The van der Waals surface area contributed by atoms with Gasteiger partial charge in [0.1, 0.15) is 17.4 Å². The number of para-hydroxylation sites is 1. The van der Waals surface area contributed by atoms with Gasteiger partial charge in [0.2, 0.25) is 5.91 Å². The number of carbonyl (C=O) groups excluding carboxylic acids is 1. The lowest BCUT2D eigenvalue weighted by atomic mass is 10.1. The number of aromatic nitrogens is 1. The van der Waals surface area contributed by atoms with E-state index >= 15 is 0 Å². The lowest BCUT2D eigenvalue weighted by molar-refractivity contribution is -0.118. The molecule has 0 atom stereocenters. The molecule has 0 aliphatic heterocycles. The first-order chi connectivity index (χ1) is 12.7. The summed E-state index contributed by atoms with van der Waals surface area (Å²) in [4.78, 5) is 15.5. The standard InChI is InChI=1S/C21H22N2O2S/c1-16(24)22-13-5-6-17-9-11-18(12-10-17)20-15-26-21(23-20)14-25-19-7-3-2-4-8-19/h2-4,7-12,15H,5-6,13-14H2,1H3,(H,22,24). The maximum atomic E-state index is 10.9. The van der Waals surface area contributed by atoms with Crippen LogP contribution in [0.3, 0.4) is 0 Å². The van der Waals surface area contributed by atoms with Crippen LogP contribution in [0.4, 0.5) is 0 Å². The Kier molecular flexibility index (Phi) is 6.39. The number of carbonyl (C=O) groups is 1. The van der Waals surface area contributed by atoms with E-state index in [0.717, 1.165) is 34.9 Å².